The fraction of sp³-hybridized carbons (Fsp3) is 0.410. The van der Waals surface area contributed by atoms with E-state index in [0.717, 1.165) is 112 Å². The van der Waals surface area contributed by atoms with Crippen LogP contribution in [-0.2, 0) is 79.9 Å². The highest BCUT2D eigenvalue weighted by atomic mass is 32.2. The number of carbonyl (C=O) groups excluding carboxylic acids is 6. The fourth-order valence-corrected chi connectivity index (χ4v) is 24.0. The molecule has 0 spiro atoms. The number of carbonyl (C=O) groups is 9. The summed E-state index contributed by atoms with van der Waals surface area (Å²) in [5.74, 6) is -0.337. The van der Waals surface area contributed by atoms with E-state index < -0.39 is 75.4 Å². The highest BCUT2D eigenvalue weighted by Crippen LogP contribution is 2.43. The van der Waals surface area contributed by atoms with Crippen molar-refractivity contribution >= 4 is 97.2 Å². The molecule has 0 unspecified atom stereocenters. The minimum atomic E-state index is -3.49. The lowest BCUT2D eigenvalue weighted by molar-refractivity contribution is -0.155. The summed E-state index contributed by atoms with van der Waals surface area (Å²) in [6.45, 7) is 20.3. The summed E-state index contributed by atoms with van der Waals surface area (Å²) in [7, 11) is -3.49. The summed E-state index contributed by atoms with van der Waals surface area (Å²) in [5, 5.41) is 36.5. The molecule has 6 fully saturated rings. The molecule has 6 N–H and O–H groups in total. The van der Waals surface area contributed by atoms with Gasteiger partial charge < -0.3 is 46.0 Å². The molecule has 768 valence electrons. The molecule has 3 atom stereocenters. The molecule has 6 aromatic heterocycles. The van der Waals surface area contributed by atoms with E-state index in [1.165, 1.54) is 150 Å². The number of aromatic nitrogens is 6. The van der Waals surface area contributed by atoms with E-state index in [-0.39, 0.29) is 108 Å². The second-order valence-corrected chi connectivity index (χ2v) is 48.2. The lowest BCUT2D eigenvalue weighted by Crippen LogP contribution is -2.59. The number of aliphatic carboxylic acids is 3. The van der Waals surface area contributed by atoms with Crippen molar-refractivity contribution in [1.29, 1.82) is 0 Å². The fourth-order valence-electron chi connectivity index (χ4n) is 20.1. The minimum absolute atomic E-state index is 0.00552. The van der Waals surface area contributed by atoms with Crippen LogP contribution in [0.1, 0.15) is 237 Å². The van der Waals surface area contributed by atoms with Gasteiger partial charge in [0.1, 0.15) is 22.3 Å². The monoisotopic (exact) mass is 2060 g/mol. The molecular weight excluding hydrogens is 1930 g/mol. The quantitative estimate of drug-likeness (QED) is 0.0235. The first-order valence-corrected chi connectivity index (χ1v) is 55.7. The summed E-state index contributed by atoms with van der Waals surface area (Å²) in [6.07, 6.45) is 31.1. The number of thiophene rings is 3. The Morgan fingerprint density at radius 1 is 0.361 bits per heavy atom. The molecular formula is C117H132N12O14S4. The smallest absolute Gasteiger partial charge is 0.310 e. The van der Waals surface area contributed by atoms with Gasteiger partial charge in [0.05, 0.1) is 33.9 Å². The minimum Gasteiger partial charge on any atom is -0.481 e. The molecule has 12 aromatic rings. The van der Waals surface area contributed by atoms with Crippen molar-refractivity contribution in [3.05, 3.63) is 277 Å². The number of carboxylic acids is 3. The molecule has 3 aliphatic carbocycles. The Labute approximate surface area is 872 Å². The van der Waals surface area contributed by atoms with E-state index >= 15 is 0 Å². The van der Waals surface area contributed by atoms with Crippen molar-refractivity contribution in [3.8, 4) is 67.5 Å². The van der Waals surface area contributed by atoms with Gasteiger partial charge in [-0.3, -0.25) is 43.2 Å². The van der Waals surface area contributed by atoms with Crippen molar-refractivity contribution < 1.29 is 66.9 Å². The van der Waals surface area contributed by atoms with E-state index in [1.54, 1.807) is 17.4 Å². The van der Waals surface area contributed by atoms with E-state index in [9.17, 15) is 66.9 Å². The summed E-state index contributed by atoms with van der Waals surface area (Å²) in [4.78, 5) is 150. The van der Waals surface area contributed by atoms with Gasteiger partial charge in [0.25, 0.3) is 11.8 Å². The van der Waals surface area contributed by atoms with E-state index in [4.69, 9.17) is 0 Å². The van der Waals surface area contributed by atoms with Crippen molar-refractivity contribution in [3.63, 3.8) is 0 Å². The number of carboxylic acid groups (broad SMARTS) is 3. The second-order valence-electron chi connectivity index (χ2n) is 42.7. The van der Waals surface area contributed by atoms with Crippen LogP contribution in [0.5, 0.6) is 0 Å². The van der Waals surface area contributed by atoms with Crippen LogP contribution in [0.4, 0.5) is 0 Å². The van der Waals surface area contributed by atoms with Gasteiger partial charge in [0.15, 0.2) is 27.3 Å². The van der Waals surface area contributed by atoms with Gasteiger partial charge in [-0.2, -0.15) is 0 Å². The Morgan fingerprint density at radius 2 is 0.653 bits per heavy atom. The number of benzene rings is 6. The molecule has 147 heavy (non-hydrogen) atoms. The van der Waals surface area contributed by atoms with Gasteiger partial charge in [0.2, 0.25) is 23.6 Å². The number of hydrogen-bond acceptors (Lipinski definition) is 20. The number of hydrogen-bond donors (Lipinski definition) is 6. The highest BCUT2D eigenvalue weighted by Gasteiger charge is 2.43. The predicted molar refractivity (Wildman–Crippen MR) is 575 cm³/mol. The number of nitrogens with one attached hydrogen (secondary N) is 3. The lowest BCUT2D eigenvalue weighted by atomic mass is 9.78. The van der Waals surface area contributed by atoms with Crippen LogP contribution in [0.25, 0.3) is 67.5 Å². The van der Waals surface area contributed by atoms with Gasteiger partial charge in [-0.15, -0.1) is 34.0 Å². The maximum atomic E-state index is 13.5. The van der Waals surface area contributed by atoms with Crippen LogP contribution in [0.15, 0.2) is 223 Å². The third-order valence-corrected chi connectivity index (χ3v) is 35.8. The molecule has 0 bridgehead atoms. The third kappa shape index (κ3) is 27.4. The van der Waals surface area contributed by atoms with Gasteiger partial charge in [-0.05, 0) is 197 Å². The number of amides is 6. The van der Waals surface area contributed by atoms with Crippen LogP contribution in [0.2, 0.25) is 0 Å². The number of rotatable bonds is 31. The zero-order valence-electron chi connectivity index (χ0n) is 85.2. The van der Waals surface area contributed by atoms with E-state index in [1.807, 2.05) is 122 Å². The van der Waals surface area contributed by atoms with Crippen molar-refractivity contribution in [2.45, 2.75) is 229 Å². The Kier molecular flexibility index (Phi) is 34.3. The molecule has 0 radical (unpaired) electrons. The molecule has 3 saturated carbocycles. The molecule has 9 heterocycles. The van der Waals surface area contributed by atoms with Crippen LogP contribution < -0.4 is 16.0 Å². The van der Waals surface area contributed by atoms with Gasteiger partial charge in [-0.25, -0.2) is 38.3 Å². The molecule has 3 saturated heterocycles. The van der Waals surface area contributed by atoms with Crippen molar-refractivity contribution in [1.82, 2.24) is 60.6 Å². The maximum absolute atomic E-state index is 13.5. The SMILES string of the molecule is CC1CCC(c2ccc(-c3cnc(-c4ccc(C[C@H](NC(=O)c5ccc(C(C)(C)C)s5)C(=O)N5CC(C(=O)O)C5)cc4)nc3)cc2)CC1.CCC1CCC(c2ccc(-c3cnc(-c4ccc(C[C@H](NC(=O)Cc5ccc(C(C)(C)C)s5)C(=O)N5CC(C(=O)O)C5)cc4)nc3)cc2)CC1.CCC1CCC(c2ccc(-c3cnc(-c4ccc(C[C@H](NC(=O)c5ccc(S(C)(=O)=O)s5)C(=O)N5CC(C(=O)O)C5)cc4)nc3)cc2)CC1. The Hall–Kier alpha value is -13.2. The molecule has 6 aromatic carbocycles. The first-order chi connectivity index (χ1) is 70.4. The third-order valence-electron chi connectivity index (χ3n) is 29.9. The highest BCUT2D eigenvalue weighted by molar-refractivity contribution is 7.92. The molecule has 6 aliphatic rings. The van der Waals surface area contributed by atoms with Gasteiger partial charge >= 0.3 is 17.9 Å². The van der Waals surface area contributed by atoms with Crippen LogP contribution in [-0.4, -0.2) is 185 Å². The topological polar surface area (TPSA) is 372 Å². The first-order valence-electron chi connectivity index (χ1n) is 51.4. The van der Waals surface area contributed by atoms with Crippen molar-refractivity contribution in [2.24, 2.45) is 35.5 Å². The zero-order chi connectivity index (χ0) is 104. The normalized spacial score (nSPS) is 18.8. The average Bonchev–Trinajstić information content (AvgIpc) is 1.66. The van der Waals surface area contributed by atoms with Crippen LogP contribution in [0.3, 0.4) is 0 Å². The van der Waals surface area contributed by atoms with E-state index in [0.29, 0.717) is 40.1 Å². The molecule has 3 aliphatic heterocycles. The number of nitrogens with zero attached hydrogens (tertiary/aromatic N) is 9. The van der Waals surface area contributed by atoms with Crippen molar-refractivity contribution in [2.75, 3.05) is 45.5 Å². The predicted octanol–water partition coefficient (Wildman–Crippen LogP) is 20.9. The molecule has 30 heteroatoms. The second kappa shape index (κ2) is 47.3. The number of sulfone groups is 1. The summed E-state index contributed by atoms with van der Waals surface area (Å²) in [6, 6.07) is 57.2. The first kappa shape index (κ1) is 107. The standard InChI is InChI=1S/C41H48N4O4S.C39H44N4O4S.C37H40N4O6S2/c1-5-26-6-10-28(11-7-26)29-14-16-30(17-15-29)32-22-42-38(43-23-32)31-12-8-27(9-13-31)20-35(39(47)45-24-33(25-45)40(48)49)44-37(46)21-34-18-19-36(50-34)41(2,3)4;1-24-5-9-26(10-6-24)27-13-15-28(16-14-27)30-20-40-35(41-21-30)29-11-7-25(8-12-29)19-32(37(45)43-22-31(23-43)38(46)47)42-36(44)33-17-18-34(48-33)39(2,3)4;1-3-23-4-8-25(9-5-23)26-12-14-27(15-13-26)29-19-38-34(39-20-29)28-10-6-24(7-11-28)18-31(36(43)41-21-30(22-41)37(44)45)40-35(42)32-16-17-33(48-32)49(2,46)47/h8-9,12-19,22-23,26,28,33,35H,5-7,10-11,20-21,24-25H2,1-4H3,(H,44,46)(H,48,49);7-8,11-18,20-21,24,26,31-32H,5-6,9-10,19,22-23H2,1-4H3,(H,42,44)(H,46,47);6-7,10-17,19-20,23,25,30-31H,3-5,8-9,18,21-22H2,1-2H3,(H,40,42)(H,44,45)/t26?,28?,35-;24?,26?,32-;23?,25?,31-/m000/s1. The van der Waals surface area contributed by atoms with E-state index in [2.05, 4.69) is 187 Å². The summed E-state index contributed by atoms with van der Waals surface area (Å²) in [5.41, 5.74) is 15.3. The Morgan fingerprint density at radius 3 is 0.946 bits per heavy atom. The van der Waals surface area contributed by atoms with Gasteiger partial charge in [0, 0.05) is 150 Å². The largest absolute Gasteiger partial charge is 0.481 e. The molecule has 6 amide bonds. The zero-order valence-corrected chi connectivity index (χ0v) is 88.4. The Balaban J connectivity index is 0.000000158. The maximum Gasteiger partial charge on any atom is 0.310 e. The molecule has 18 rings (SSSR count). The summed E-state index contributed by atoms with van der Waals surface area (Å²) >= 11 is 3.85. The Bertz CT molecular complexity index is 6720. The van der Waals surface area contributed by atoms with Crippen LogP contribution >= 0.6 is 34.0 Å². The van der Waals surface area contributed by atoms with Gasteiger partial charge in [-0.1, -0.05) is 234 Å². The van der Waals surface area contributed by atoms with Crippen LogP contribution in [0, 0.1) is 35.5 Å². The summed E-state index contributed by atoms with van der Waals surface area (Å²) < 4.78 is 23.9. The lowest BCUT2D eigenvalue weighted by Gasteiger charge is -2.39. The molecule has 26 nitrogen and oxygen atoms in total. The number of likely N-dealkylation sites (tertiary alicyclic amines) is 3. The average molecular weight is 2060 g/mol.